The van der Waals surface area contributed by atoms with Crippen LogP contribution in [0.25, 0.3) is 11.5 Å². The summed E-state index contributed by atoms with van der Waals surface area (Å²) in [5.74, 6) is 1.34. The molecule has 126 valence electrons. The van der Waals surface area contributed by atoms with Gasteiger partial charge in [0.2, 0.25) is 5.89 Å². The number of aryl methyl sites for hydroxylation is 3. The van der Waals surface area contributed by atoms with Crippen LogP contribution in [-0.4, -0.2) is 17.1 Å². The van der Waals surface area contributed by atoms with Crippen molar-refractivity contribution in [2.24, 2.45) is 0 Å². The van der Waals surface area contributed by atoms with Gasteiger partial charge in [-0.15, -0.1) is 0 Å². The van der Waals surface area contributed by atoms with Crippen LogP contribution in [0, 0.1) is 13.8 Å². The molecule has 0 saturated heterocycles. The highest BCUT2D eigenvalue weighted by Crippen LogP contribution is 2.23. The second kappa shape index (κ2) is 7.26. The third kappa shape index (κ3) is 3.91. The van der Waals surface area contributed by atoms with E-state index in [9.17, 15) is 9.59 Å². The third-order valence-corrected chi connectivity index (χ3v) is 4.15. The minimum absolute atomic E-state index is 0.0248. The van der Waals surface area contributed by atoms with Crippen molar-refractivity contribution in [2.45, 2.75) is 26.7 Å². The molecule has 1 aromatic heterocycles. The number of aromatic nitrogens is 1. The maximum Gasteiger partial charge on any atom is 0.226 e. The molecule has 0 amide bonds. The Morgan fingerprint density at radius 2 is 1.72 bits per heavy atom. The Balaban J connectivity index is 1.69. The van der Waals surface area contributed by atoms with Crippen LogP contribution in [-0.2, 0) is 6.42 Å². The zero-order chi connectivity index (χ0) is 17.8. The molecular formula is C21H19NO3. The minimum atomic E-state index is 0.0248. The molecule has 0 N–H and O–H groups in total. The monoisotopic (exact) mass is 333 g/mol. The molecule has 0 spiro atoms. The Hall–Kier alpha value is -3.01. The number of carbonyl (C=O) groups excluding carboxylic acids is 2. The molecule has 0 aliphatic carbocycles. The van der Waals surface area contributed by atoms with E-state index in [0.717, 1.165) is 23.3 Å². The summed E-state index contributed by atoms with van der Waals surface area (Å²) in [4.78, 5) is 27.5. The fourth-order valence-corrected chi connectivity index (χ4v) is 2.60. The maximum absolute atomic E-state index is 12.3. The van der Waals surface area contributed by atoms with Crippen molar-refractivity contribution >= 4 is 12.1 Å². The third-order valence-electron chi connectivity index (χ3n) is 4.15. The van der Waals surface area contributed by atoms with Crippen LogP contribution in [0.1, 0.15) is 44.2 Å². The lowest BCUT2D eigenvalue weighted by Gasteiger charge is -2.00. The summed E-state index contributed by atoms with van der Waals surface area (Å²) in [5, 5.41) is 0. The summed E-state index contributed by atoms with van der Waals surface area (Å²) in [6.07, 6.45) is 1.64. The molecule has 0 atom stereocenters. The van der Waals surface area contributed by atoms with E-state index in [0.29, 0.717) is 29.9 Å². The summed E-state index contributed by atoms with van der Waals surface area (Å²) in [5.41, 5.74) is 4.07. The molecule has 0 aliphatic rings. The molecule has 3 rings (SSSR count). The fraction of sp³-hybridized carbons (Fsp3) is 0.190. The van der Waals surface area contributed by atoms with Crippen LogP contribution >= 0.6 is 0 Å². The van der Waals surface area contributed by atoms with Crippen molar-refractivity contribution in [2.75, 3.05) is 0 Å². The quantitative estimate of drug-likeness (QED) is 0.489. The molecule has 0 unspecified atom stereocenters. The summed E-state index contributed by atoms with van der Waals surface area (Å²) in [7, 11) is 0. The van der Waals surface area contributed by atoms with E-state index in [2.05, 4.69) is 4.98 Å². The van der Waals surface area contributed by atoms with E-state index in [1.807, 2.05) is 38.1 Å². The standard InChI is InChI=1S/C21H19NO3/c1-14-3-7-18(8-4-14)21-22-19(15(2)25-21)11-12-20(24)17-9-5-16(13-23)6-10-17/h3-10,13H,11-12H2,1-2H3. The van der Waals surface area contributed by atoms with Gasteiger partial charge in [-0.25, -0.2) is 4.98 Å². The number of Topliss-reactive ketones (excluding diaryl/α,β-unsaturated/α-hetero) is 1. The number of aldehydes is 1. The Morgan fingerprint density at radius 3 is 2.36 bits per heavy atom. The number of ketones is 1. The molecule has 0 fully saturated rings. The van der Waals surface area contributed by atoms with Gasteiger partial charge in [-0.2, -0.15) is 0 Å². The highest BCUT2D eigenvalue weighted by Gasteiger charge is 2.14. The van der Waals surface area contributed by atoms with Gasteiger partial charge in [0.05, 0.1) is 5.69 Å². The zero-order valence-corrected chi connectivity index (χ0v) is 14.3. The number of oxazole rings is 1. The topological polar surface area (TPSA) is 60.2 Å². The maximum atomic E-state index is 12.3. The van der Waals surface area contributed by atoms with E-state index in [1.54, 1.807) is 24.3 Å². The van der Waals surface area contributed by atoms with Gasteiger partial charge in [-0.3, -0.25) is 9.59 Å². The molecule has 0 radical (unpaired) electrons. The fourth-order valence-electron chi connectivity index (χ4n) is 2.60. The van der Waals surface area contributed by atoms with E-state index < -0.39 is 0 Å². The second-order valence-electron chi connectivity index (χ2n) is 6.05. The normalized spacial score (nSPS) is 10.6. The van der Waals surface area contributed by atoms with Gasteiger partial charge in [0.1, 0.15) is 12.0 Å². The van der Waals surface area contributed by atoms with E-state index in [4.69, 9.17) is 4.42 Å². The van der Waals surface area contributed by atoms with Crippen LogP contribution in [0.15, 0.2) is 52.9 Å². The van der Waals surface area contributed by atoms with E-state index >= 15 is 0 Å². The van der Waals surface area contributed by atoms with Crippen LogP contribution < -0.4 is 0 Å². The van der Waals surface area contributed by atoms with Gasteiger partial charge in [0.25, 0.3) is 0 Å². The van der Waals surface area contributed by atoms with Gasteiger partial charge in [0.15, 0.2) is 5.78 Å². The zero-order valence-electron chi connectivity index (χ0n) is 14.3. The number of rotatable bonds is 6. The van der Waals surface area contributed by atoms with Crippen molar-refractivity contribution in [1.82, 2.24) is 4.98 Å². The first-order chi connectivity index (χ1) is 12.1. The van der Waals surface area contributed by atoms with Crippen molar-refractivity contribution in [3.63, 3.8) is 0 Å². The number of nitrogens with zero attached hydrogens (tertiary/aromatic N) is 1. The average Bonchev–Trinajstić information content (AvgIpc) is 3.01. The molecule has 0 bridgehead atoms. The number of carbonyl (C=O) groups is 2. The summed E-state index contributed by atoms with van der Waals surface area (Å²) < 4.78 is 5.75. The largest absolute Gasteiger partial charge is 0.441 e. The van der Waals surface area contributed by atoms with Gasteiger partial charge in [-0.05, 0) is 26.0 Å². The van der Waals surface area contributed by atoms with Crippen LogP contribution in [0.5, 0.6) is 0 Å². The summed E-state index contributed by atoms with van der Waals surface area (Å²) in [6.45, 7) is 3.90. The first-order valence-corrected chi connectivity index (χ1v) is 8.18. The Morgan fingerprint density at radius 1 is 1.04 bits per heavy atom. The molecule has 4 heteroatoms. The van der Waals surface area contributed by atoms with Crippen molar-refractivity contribution in [1.29, 1.82) is 0 Å². The van der Waals surface area contributed by atoms with Gasteiger partial charge < -0.3 is 4.42 Å². The molecule has 0 aliphatic heterocycles. The lowest BCUT2D eigenvalue weighted by molar-refractivity contribution is 0.0981. The van der Waals surface area contributed by atoms with Crippen LogP contribution in [0.3, 0.4) is 0 Å². The Bertz CT molecular complexity index is 890. The summed E-state index contributed by atoms with van der Waals surface area (Å²) >= 11 is 0. The number of hydrogen-bond donors (Lipinski definition) is 0. The Labute approximate surface area is 146 Å². The lowest BCUT2D eigenvalue weighted by Crippen LogP contribution is -2.02. The average molecular weight is 333 g/mol. The van der Waals surface area contributed by atoms with Crippen molar-refractivity contribution < 1.29 is 14.0 Å². The summed E-state index contributed by atoms with van der Waals surface area (Å²) in [6, 6.07) is 14.6. The molecule has 1 heterocycles. The van der Waals surface area contributed by atoms with Gasteiger partial charge in [0, 0.05) is 29.5 Å². The van der Waals surface area contributed by atoms with E-state index in [1.165, 1.54) is 5.56 Å². The molecular weight excluding hydrogens is 314 g/mol. The van der Waals surface area contributed by atoms with Crippen molar-refractivity contribution in [3.05, 3.63) is 76.7 Å². The smallest absolute Gasteiger partial charge is 0.226 e. The molecule has 25 heavy (non-hydrogen) atoms. The second-order valence-corrected chi connectivity index (χ2v) is 6.05. The van der Waals surface area contributed by atoms with Crippen LogP contribution in [0.4, 0.5) is 0 Å². The number of hydrogen-bond acceptors (Lipinski definition) is 4. The lowest BCUT2D eigenvalue weighted by atomic mass is 10.0. The molecule has 0 saturated carbocycles. The molecule has 2 aromatic carbocycles. The SMILES string of the molecule is Cc1ccc(-c2nc(CCC(=O)c3ccc(C=O)cc3)c(C)o2)cc1. The van der Waals surface area contributed by atoms with Crippen LogP contribution in [0.2, 0.25) is 0 Å². The highest BCUT2D eigenvalue weighted by molar-refractivity contribution is 5.96. The molecule has 4 nitrogen and oxygen atoms in total. The predicted octanol–water partition coefficient (Wildman–Crippen LogP) is 4.59. The number of benzene rings is 2. The van der Waals surface area contributed by atoms with Gasteiger partial charge in [-0.1, -0.05) is 42.0 Å². The van der Waals surface area contributed by atoms with Crippen molar-refractivity contribution in [3.8, 4) is 11.5 Å². The predicted molar refractivity (Wildman–Crippen MR) is 95.9 cm³/mol. The van der Waals surface area contributed by atoms with Gasteiger partial charge >= 0.3 is 0 Å². The molecule has 3 aromatic rings. The first kappa shape index (κ1) is 16.8. The van der Waals surface area contributed by atoms with E-state index in [-0.39, 0.29) is 5.78 Å². The first-order valence-electron chi connectivity index (χ1n) is 8.18. The Kier molecular flexibility index (Phi) is 4.89. The minimum Gasteiger partial charge on any atom is -0.441 e. The highest BCUT2D eigenvalue weighted by atomic mass is 16.4.